The Balaban J connectivity index is 2.65. The summed E-state index contributed by atoms with van der Waals surface area (Å²) in [5, 5.41) is 0.829. The van der Waals surface area contributed by atoms with Crippen LogP contribution in [0, 0.1) is 12.8 Å². The molecule has 0 amide bonds. The molecule has 108 valence electrons. The Morgan fingerprint density at radius 1 is 1.16 bits per heavy atom. The monoisotopic (exact) mass is 302 g/mol. The van der Waals surface area contributed by atoms with Crippen LogP contribution in [0.1, 0.15) is 50.7 Å². The maximum Gasteiger partial charge on any atom is 0.122 e. The van der Waals surface area contributed by atoms with E-state index in [1.54, 1.807) is 0 Å². The molecule has 0 bridgehead atoms. The molecule has 0 aliphatic heterocycles. The Labute approximate surface area is 127 Å². The maximum atomic E-state index is 6.25. The topological polar surface area (TPSA) is 9.23 Å². The van der Waals surface area contributed by atoms with Crippen LogP contribution in [-0.2, 0) is 0 Å². The van der Waals surface area contributed by atoms with Crippen molar-refractivity contribution in [2.45, 2.75) is 46.5 Å². The van der Waals surface area contributed by atoms with Crippen LogP contribution in [0.3, 0.4) is 0 Å². The normalized spacial score (nSPS) is 12.8. The molecule has 0 heterocycles. The van der Waals surface area contributed by atoms with Gasteiger partial charge in [-0.05, 0) is 54.9 Å². The summed E-state index contributed by atoms with van der Waals surface area (Å²) in [6.45, 7) is 9.26. The van der Waals surface area contributed by atoms with Crippen molar-refractivity contribution in [2.24, 2.45) is 5.92 Å². The van der Waals surface area contributed by atoms with E-state index in [2.05, 4.69) is 26.8 Å². The molecular weight excluding hydrogens is 279 g/mol. The van der Waals surface area contributed by atoms with Crippen LogP contribution in [0.2, 0.25) is 5.02 Å². The number of rotatable bonds is 7. The summed E-state index contributed by atoms with van der Waals surface area (Å²) in [7, 11) is 0. The molecule has 1 unspecified atom stereocenters. The zero-order valence-electron chi connectivity index (χ0n) is 12.3. The van der Waals surface area contributed by atoms with Crippen LogP contribution >= 0.6 is 23.2 Å². The molecule has 1 atom stereocenters. The zero-order chi connectivity index (χ0) is 14.4. The molecule has 0 aliphatic rings. The molecule has 0 aliphatic carbocycles. The van der Waals surface area contributed by atoms with Crippen LogP contribution in [-0.4, -0.2) is 12.5 Å². The Morgan fingerprint density at radius 2 is 1.84 bits per heavy atom. The van der Waals surface area contributed by atoms with Gasteiger partial charge in [0.1, 0.15) is 5.75 Å². The maximum absolute atomic E-state index is 6.25. The van der Waals surface area contributed by atoms with Crippen molar-refractivity contribution in [2.75, 3.05) is 12.5 Å². The van der Waals surface area contributed by atoms with E-state index in [1.165, 1.54) is 0 Å². The number of hydrogen-bond donors (Lipinski definition) is 0. The predicted molar refractivity (Wildman–Crippen MR) is 84.9 cm³/mol. The highest BCUT2D eigenvalue weighted by molar-refractivity contribution is 6.31. The van der Waals surface area contributed by atoms with E-state index >= 15 is 0 Å². The molecular formula is C16H24Cl2O. The number of benzene rings is 1. The summed E-state index contributed by atoms with van der Waals surface area (Å²) in [5.41, 5.74) is 2.25. The minimum absolute atomic E-state index is 0.408. The quantitative estimate of drug-likeness (QED) is 0.578. The number of aryl methyl sites for hydroxylation is 1. The van der Waals surface area contributed by atoms with Crippen molar-refractivity contribution < 1.29 is 4.74 Å². The van der Waals surface area contributed by atoms with Gasteiger partial charge in [-0.3, -0.25) is 0 Å². The second-order valence-electron chi connectivity index (χ2n) is 5.51. The van der Waals surface area contributed by atoms with Gasteiger partial charge in [0.2, 0.25) is 0 Å². The lowest BCUT2D eigenvalue weighted by Gasteiger charge is -2.16. The van der Waals surface area contributed by atoms with Gasteiger partial charge in [0.25, 0.3) is 0 Å². The van der Waals surface area contributed by atoms with Crippen molar-refractivity contribution >= 4 is 23.2 Å². The van der Waals surface area contributed by atoms with Gasteiger partial charge < -0.3 is 4.74 Å². The standard InChI is InChI=1S/C16H24Cl2O/c1-11(2)14-10-16(13(4)9-15(14)18)19-8-6-12(3)5-7-17/h9-12H,5-8H2,1-4H3. The fourth-order valence-corrected chi connectivity index (χ4v) is 2.78. The molecule has 3 heteroatoms. The van der Waals surface area contributed by atoms with Crippen LogP contribution < -0.4 is 4.74 Å². The van der Waals surface area contributed by atoms with E-state index in [0.717, 1.165) is 47.2 Å². The molecule has 0 spiro atoms. The van der Waals surface area contributed by atoms with E-state index in [1.807, 2.05) is 13.0 Å². The third kappa shape index (κ3) is 5.24. The lowest BCUT2D eigenvalue weighted by molar-refractivity contribution is 0.280. The summed E-state index contributed by atoms with van der Waals surface area (Å²) in [6, 6.07) is 4.07. The number of ether oxygens (including phenoxy) is 1. The molecule has 0 fully saturated rings. The highest BCUT2D eigenvalue weighted by Crippen LogP contribution is 2.31. The van der Waals surface area contributed by atoms with Crippen LogP contribution in [0.25, 0.3) is 0 Å². The van der Waals surface area contributed by atoms with Gasteiger partial charge in [0.15, 0.2) is 0 Å². The van der Waals surface area contributed by atoms with Crippen molar-refractivity contribution in [1.82, 2.24) is 0 Å². The van der Waals surface area contributed by atoms with E-state index in [-0.39, 0.29) is 0 Å². The molecule has 0 radical (unpaired) electrons. The summed E-state index contributed by atoms with van der Waals surface area (Å²) < 4.78 is 5.90. The van der Waals surface area contributed by atoms with E-state index < -0.39 is 0 Å². The molecule has 0 aromatic heterocycles. The number of alkyl halides is 1. The molecule has 0 saturated carbocycles. The smallest absolute Gasteiger partial charge is 0.122 e. The van der Waals surface area contributed by atoms with Crippen LogP contribution in [0.15, 0.2) is 12.1 Å². The average Bonchev–Trinajstić information content (AvgIpc) is 2.31. The second-order valence-corrected chi connectivity index (χ2v) is 6.30. The first-order valence-corrected chi connectivity index (χ1v) is 7.85. The van der Waals surface area contributed by atoms with Gasteiger partial charge in [-0.1, -0.05) is 32.4 Å². The van der Waals surface area contributed by atoms with Crippen molar-refractivity contribution in [3.8, 4) is 5.75 Å². The minimum Gasteiger partial charge on any atom is -0.493 e. The summed E-state index contributed by atoms with van der Waals surface area (Å²) in [6.07, 6.45) is 2.08. The van der Waals surface area contributed by atoms with Crippen LogP contribution in [0.4, 0.5) is 0 Å². The highest BCUT2D eigenvalue weighted by Gasteiger charge is 2.10. The van der Waals surface area contributed by atoms with Crippen molar-refractivity contribution in [3.05, 3.63) is 28.3 Å². The first-order valence-electron chi connectivity index (χ1n) is 6.94. The fourth-order valence-electron chi connectivity index (χ4n) is 1.97. The summed E-state index contributed by atoms with van der Waals surface area (Å²) in [4.78, 5) is 0. The predicted octanol–water partition coefficient (Wildman–Crippen LogP) is 5.81. The van der Waals surface area contributed by atoms with Gasteiger partial charge in [0.05, 0.1) is 6.61 Å². The van der Waals surface area contributed by atoms with Gasteiger partial charge in [-0.2, -0.15) is 0 Å². The number of hydrogen-bond acceptors (Lipinski definition) is 1. The molecule has 1 aromatic rings. The Bertz CT molecular complexity index is 402. The fraction of sp³-hybridized carbons (Fsp3) is 0.625. The first kappa shape index (κ1) is 16.7. The van der Waals surface area contributed by atoms with Gasteiger partial charge in [-0.25, -0.2) is 0 Å². The average molecular weight is 303 g/mol. The van der Waals surface area contributed by atoms with Crippen molar-refractivity contribution in [1.29, 1.82) is 0 Å². The molecule has 0 N–H and O–H groups in total. The highest BCUT2D eigenvalue weighted by atomic mass is 35.5. The molecule has 1 aromatic carbocycles. The van der Waals surface area contributed by atoms with Crippen molar-refractivity contribution in [3.63, 3.8) is 0 Å². The van der Waals surface area contributed by atoms with Gasteiger partial charge >= 0.3 is 0 Å². The molecule has 0 saturated heterocycles. The third-order valence-corrected chi connectivity index (χ3v) is 3.93. The van der Waals surface area contributed by atoms with E-state index in [4.69, 9.17) is 27.9 Å². The SMILES string of the molecule is Cc1cc(Cl)c(C(C)C)cc1OCCC(C)CCCl. The van der Waals surface area contributed by atoms with E-state index in [9.17, 15) is 0 Å². The number of halogens is 2. The Hall–Kier alpha value is -0.400. The largest absolute Gasteiger partial charge is 0.493 e. The Kier molecular flexibility index (Phi) is 7.02. The summed E-state index contributed by atoms with van der Waals surface area (Å²) >= 11 is 12.0. The van der Waals surface area contributed by atoms with E-state index in [0.29, 0.717) is 11.8 Å². The summed E-state index contributed by atoms with van der Waals surface area (Å²) in [5.74, 6) is 2.69. The van der Waals surface area contributed by atoms with Gasteiger partial charge in [0, 0.05) is 10.9 Å². The van der Waals surface area contributed by atoms with Gasteiger partial charge in [-0.15, -0.1) is 11.6 Å². The third-order valence-electron chi connectivity index (χ3n) is 3.39. The molecule has 1 rings (SSSR count). The Morgan fingerprint density at radius 3 is 2.42 bits per heavy atom. The second kappa shape index (κ2) is 8.01. The zero-order valence-corrected chi connectivity index (χ0v) is 13.8. The lowest BCUT2D eigenvalue weighted by atomic mass is 10.0. The first-order chi connectivity index (χ1) is 8.95. The minimum atomic E-state index is 0.408. The lowest BCUT2D eigenvalue weighted by Crippen LogP contribution is -2.06. The van der Waals surface area contributed by atoms with Crippen LogP contribution in [0.5, 0.6) is 5.75 Å². The molecule has 1 nitrogen and oxygen atoms in total. The molecule has 19 heavy (non-hydrogen) atoms.